The monoisotopic (exact) mass is 670 g/mol. The molecule has 0 aromatic rings. The molecule has 0 rings (SSSR count). The van der Waals surface area contributed by atoms with Crippen LogP contribution in [0.1, 0.15) is 27.7 Å². The number of carbonyl (C=O) groups is 4. The van der Waals surface area contributed by atoms with Crippen molar-refractivity contribution < 1.29 is 64.3 Å². The van der Waals surface area contributed by atoms with Gasteiger partial charge in [0.1, 0.15) is 0 Å². The van der Waals surface area contributed by atoms with E-state index in [2.05, 4.69) is 95.8 Å². The van der Waals surface area contributed by atoms with Crippen molar-refractivity contribution in [1.29, 1.82) is 0 Å². The standard InChI is InChI=1S/4C6H10O2S.Zr/c4*1-5(2)6(7)8-3-4-9;/h4*9H,1,3-4H2,2H3;/q;;;;+4/p-4. The third-order valence-corrected chi connectivity index (χ3v) is 3.33. The van der Waals surface area contributed by atoms with Crippen LogP contribution < -0.4 is 0 Å². The molecule has 0 aliphatic carbocycles. The summed E-state index contributed by atoms with van der Waals surface area (Å²) >= 11 is 18.2. The topological polar surface area (TPSA) is 105 Å². The van der Waals surface area contributed by atoms with Crippen molar-refractivity contribution in [3.8, 4) is 0 Å². The van der Waals surface area contributed by atoms with Gasteiger partial charge in [0.25, 0.3) is 0 Å². The molecule has 37 heavy (non-hydrogen) atoms. The van der Waals surface area contributed by atoms with E-state index in [0.717, 1.165) is 0 Å². The average molecular weight is 672 g/mol. The van der Waals surface area contributed by atoms with Crippen LogP contribution in [-0.2, 0) is 115 Å². The van der Waals surface area contributed by atoms with Crippen LogP contribution >= 0.6 is 0 Å². The summed E-state index contributed by atoms with van der Waals surface area (Å²) in [4.78, 5) is 42.1. The molecule has 0 spiro atoms. The number of esters is 4. The first kappa shape index (κ1) is 46.0. The molecule has 0 radical (unpaired) electrons. The summed E-state index contributed by atoms with van der Waals surface area (Å²) in [5.74, 6) is 0.329. The maximum atomic E-state index is 10.5. The fourth-order valence-corrected chi connectivity index (χ4v) is 1.36. The number of hydrogen-bond donors (Lipinski definition) is 0. The molecule has 0 unspecified atom stereocenters. The van der Waals surface area contributed by atoms with E-state index in [1.807, 2.05) is 0 Å². The summed E-state index contributed by atoms with van der Waals surface area (Å²) in [6.45, 7) is 21.2. The number of ether oxygens (including phenoxy) is 4. The van der Waals surface area contributed by atoms with Gasteiger partial charge in [-0.1, -0.05) is 26.3 Å². The predicted octanol–water partition coefficient (Wildman–Crippen LogP) is 2.61. The molecule has 0 aromatic heterocycles. The Balaban J connectivity index is -0.000000122. The van der Waals surface area contributed by atoms with Crippen LogP contribution in [0.25, 0.3) is 0 Å². The number of hydrogen-bond acceptors (Lipinski definition) is 12. The summed E-state index contributed by atoms with van der Waals surface area (Å²) in [5.41, 5.74) is 1.66. The Hall–Kier alpha value is -0.877. The second-order valence-corrected chi connectivity index (χ2v) is 8.11. The second kappa shape index (κ2) is 33.2. The molecule has 0 atom stereocenters. The first-order valence-corrected chi connectivity index (χ1v) is 12.7. The molecule has 13 heteroatoms. The van der Waals surface area contributed by atoms with Crippen molar-refractivity contribution >= 4 is 74.4 Å². The number of carbonyl (C=O) groups excluding carboxylic acids is 4. The molecule has 0 fully saturated rings. The van der Waals surface area contributed by atoms with E-state index in [4.69, 9.17) is 0 Å². The largest absolute Gasteiger partial charge is 4.00 e. The van der Waals surface area contributed by atoms with E-state index in [0.29, 0.717) is 71.7 Å². The van der Waals surface area contributed by atoms with Crippen molar-refractivity contribution in [3.05, 3.63) is 48.6 Å². The quantitative estimate of drug-likeness (QED) is 0.132. The first-order valence-electron chi connectivity index (χ1n) is 10.4. The zero-order chi connectivity index (χ0) is 29.1. The Bertz CT molecular complexity index is 608. The van der Waals surface area contributed by atoms with E-state index < -0.39 is 0 Å². The van der Waals surface area contributed by atoms with Crippen molar-refractivity contribution in [2.24, 2.45) is 0 Å². The Kier molecular flexibility index (Phi) is 41.2. The minimum atomic E-state index is -0.361. The van der Waals surface area contributed by atoms with Crippen LogP contribution in [0.5, 0.6) is 0 Å². The molecule has 0 bridgehead atoms. The van der Waals surface area contributed by atoms with E-state index in [-0.39, 0.29) is 50.1 Å². The van der Waals surface area contributed by atoms with Gasteiger partial charge in [0.15, 0.2) is 0 Å². The summed E-state index contributed by atoms with van der Waals surface area (Å²) in [7, 11) is 0. The Morgan fingerprint density at radius 1 is 0.459 bits per heavy atom. The van der Waals surface area contributed by atoms with Gasteiger partial charge >= 0.3 is 50.1 Å². The van der Waals surface area contributed by atoms with Crippen molar-refractivity contribution in [3.63, 3.8) is 0 Å². The van der Waals surface area contributed by atoms with Crippen LogP contribution in [0, 0.1) is 0 Å². The summed E-state index contributed by atoms with van der Waals surface area (Å²) in [6.07, 6.45) is 0. The maximum Gasteiger partial charge on any atom is 4.00 e. The fraction of sp³-hybridized carbons (Fsp3) is 0.500. The molecule has 0 amide bonds. The first-order chi connectivity index (χ1) is 16.7. The van der Waals surface area contributed by atoms with Crippen molar-refractivity contribution in [1.82, 2.24) is 0 Å². The molecule has 0 N–H and O–H groups in total. The SMILES string of the molecule is C=C(C)C(=O)OCC[S-].C=C(C)C(=O)OCC[S-].C=C(C)C(=O)OCC[S-].C=C(C)C(=O)OCC[S-].[Zr+4]. The molecule has 0 heterocycles. The van der Waals surface area contributed by atoms with E-state index in [9.17, 15) is 19.2 Å². The zero-order valence-electron chi connectivity index (χ0n) is 21.9. The van der Waals surface area contributed by atoms with E-state index in [1.165, 1.54) is 0 Å². The van der Waals surface area contributed by atoms with E-state index in [1.54, 1.807) is 27.7 Å². The number of rotatable bonds is 12. The summed E-state index contributed by atoms with van der Waals surface area (Å²) in [6, 6.07) is 0. The maximum absolute atomic E-state index is 10.5. The van der Waals surface area contributed by atoms with Gasteiger partial charge in [-0.2, -0.15) is 0 Å². The second-order valence-electron chi connectivity index (χ2n) is 6.48. The van der Waals surface area contributed by atoms with E-state index >= 15 is 0 Å². The third-order valence-electron chi connectivity index (χ3n) is 2.66. The van der Waals surface area contributed by atoms with Gasteiger partial charge in [0.2, 0.25) is 0 Å². The van der Waals surface area contributed by atoms with Gasteiger partial charge < -0.3 is 69.5 Å². The molecule has 0 aliphatic rings. The minimum Gasteiger partial charge on any atom is -0.789 e. The average Bonchev–Trinajstić information content (AvgIpc) is 2.83. The van der Waals surface area contributed by atoms with Crippen LogP contribution in [0.15, 0.2) is 48.6 Å². The van der Waals surface area contributed by atoms with Crippen LogP contribution in [0.3, 0.4) is 0 Å². The van der Waals surface area contributed by atoms with Crippen LogP contribution in [0.2, 0.25) is 0 Å². The van der Waals surface area contributed by atoms with Gasteiger partial charge in [-0.3, -0.25) is 0 Å². The normalized spacial score (nSPS) is 8.43. The van der Waals surface area contributed by atoms with Crippen molar-refractivity contribution in [2.45, 2.75) is 27.7 Å². The van der Waals surface area contributed by atoms with Gasteiger partial charge in [-0.15, -0.1) is 23.0 Å². The van der Waals surface area contributed by atoms with Gasteiger partial charge in [-0.25, -0.2) is 19.2 Å². The van der Waals surface area contributed by atoms with Crippen LogP contribution in [-0.4, -0.2) is 73.3 Å². The molecule has 0 aromatic carbocycles. The Labute approximate surface area is 262 Å². The Morgan fingerprint density at radius 2 is 0.595 bits per heavy atom. The molecular formula is C24H36O8S4Zr. The van der Waals surface area contributed by atoms with Gasteiger partial charge in [0, 0.05) is 22.3 Å². The molecule has 0 saturated carbocycles. The van der Waals surface area contributed by atoms with Gasteiger partial charge in [-0.05, 0) is 27.7 Å². The molecule has 8 nitrogen and oxygen atoms in total. The Morgan fingerprint density at radius 3 is 0.676 bits per heavy atom. The van der Waals surface area contributed by atoms with Crippen molar-refractivity contribution in [2.75, 3.05) is 49.4 Å². The third kappa shape index (κ3) is 39.8. The molecule has 0 aliphatic heterocycles. The predicted molar refractivity (Wildman–Crippen MR) is 152 cm³/mol. The van der Waals surface area contributed by atoms with Gasteiger partial charge in [0.05, 0.1) is 26.4 Å². The summed E-state index contributed by atoms with van der Waals surface area (Å²) < 4.78 is 18.4. The minimum absolute atomic E-state index is 0. The van der Waals surface area contributed by atoms with Crippen LogP contribution in [0.4, 0.5) is 0 Å². The molecule has 208 valence electrons. The fourth-order valence-electron chi connectivity index (χ4n) is 1.03. The molecule has 0 saturated heterocycles. The smallest absolute Gasteiger partial charge is 0.789 e. The zero-order valence-corrected chi connectivity index (χ0v) is 27.6. The summed E-state index contributed by atoms with van der Waals surface area (Å²) in [5, 5.41) is 0. The molecular weight excluding hydrogens is 636 g/mol.